The Kier molecular flexibility index (Phi) is 1.89. The molecule has 2 rings (SSSR count). The minimum atomic E-state index is 0.633. The maximum absolute atomic E-state index is 4.40. The van der Waals surface area contributed by atoms with Crippen LogP contribution in [0.5, 0.6) is 0 Å². The van der Waals surface area contributed by atoms with E-state index < -0.39 is 0 Å². The molecule has 1 N–H and O–H groups in total. The molecule has 3 heteroatoms. The third kappa shape index (κ3) is 1.25. The van der Waals surface area contributed by atoms with Crippen LogP contribution in [0.2, 0.25) is 0 Å². The Labute approximate surface area is 72.8 Å². The molecule has 0 radical (unpaired) electrons. The van der Waals surface area contributed by atoms with Crippen molar-refractivity contribution in [3.63, 3.8) is 0 Å². The summed E-state index contributed by atoms with van der Waals surface area (Å²) in [6.07, 6.45) is 4.38. The number of fused-ring (bicyclic) bond motifs is 1. The maximum Gasteiger partial charge on any atom is 0.0672 e. The molecule has 3 nitrogen and oxygen atoms in total. The first kappa shape index (κ1) is 7.80. The van der Waals surface area contributed by atoms with Crippen molar-refractivity contribution in [3.05, 3.63) is 17.5 Å². The van der Waals surface area contributed by atoms with Gasteiger partial charge in [-0.25, -0.2) is 0 Å². The van der Waals surface area contributed by atoms with Gasteiger partial charge < -0.3 is 5.32 Å². The molecule has 0 aromatic carbocycles. The van der Waals surface area contributed by atoms with Gasteiger partial charge in [-0.1, -0.05) is 6.92 Å². The lowest BCUT2D eigenvalue weighted by Gasteiger charge is -2.08. The van der Waals surface area contributed by atoms with Gasteiger partial charge in [-0.3, -0.25) is 4.68 Å². The molecule has 12 heavy (non-hydrogen) atoms. The molecule has 66 valence electrons. The molecular weight excluding hydrogens is 150 g/mol. The van der Waals surface area contributed by atoms with Crippen LogP contribution in [-0.4, -0.2) is 22.4 Å². The number of nitrogens with zero attached hydrogens (tertiary/aromatic N) is 2. The van der Waals surface area contributed by atoms with Crippen LogP contribution in [0.1, 0.15) is 18.2 Å². The molecule has 0 saturated heterocycles. The van der Waals surface area contributed by atoms with E-state index in [9.17, 15) is 0 Å². The van der Waals surface area contributed by atoms with Crippen LogP contribution in [0.15, 0.2) is 6.20 Å². The third-order valence-corrected chi connectivity index (χ3v) is 2.39. The Hall–Kier alpha value is -0.830. The van der Waals surface area contributed by atoms with E-state index in [1.165, 1.54) is 11.3 Å². The van der Waals surface area contributed by atoms with Crippen molar-refractivity contribution >= 4 is 0 Å². The lowest BCUT2D eigenvalue weighted by molar-refractivity contribution is 0.541. The molecular formula is C9H15N3. The molecule has 1 aliphatic carbocycles. The summed E-state index contributed by atoms with van der Waals surface area (Å²) in [5, 5.41) is 7.85. The topological polar surface area (TPSA) is 29.9 Å². The number of aromatic nitrogens is 2. The first-order valence-corrected chi connectivity index (χ1v) is 4.54. The Morgan fingerprint density at radius 1 is 1.67 bits per heavy atom. The molecule has 1 aromatic heterocycles. The Balaban J connectivity index is 2.08. The Morgan fingerprint density at radius 2 is 2.50 bits per heavy atom. The number of hydrogen-bond acceptors (Lipinski definition) is 2. The summed E-state index contributed by atoms with van der Waals surface area (Å²) in [5.74, 6) is 0. The molecule has 1 atom stereocenters. The van der Waals surface area contributed by atoms with E-state index in [1.54, 1.807) is 0 Å². The first-order chi connectivity index (χ1) is 5.79. The normalized spacial score (nSPS) is 21.3. The minimum Gasteiger partial charge on any atom is -0.314 e. The molecule has 0 aliphatic heterocycles. The highest BCUT2D eigenvalue weighted by Gasteiger charge is 2.22. The van der Waals surface area contributed by atoms with E-state index in [4.69, 9.17) is 0 Å². The largest absolute Gasteiger partial charge is 0.314 e. The van der Waals surface area contributed by atoms with Gasteiger partial charge in [0.25, 0.3) is 0 Å². The van der Waals surface area contributed by atoms with E-state index in [1.807, 2.05) is 11.7 Å². The SMILES string of the molecule is CCNC1Cc2cn(C)nc2C1. The van der Waals surface area contributed by atoms with Crippen molar-refractivity contribution in [2.75, 3.05) is 6.54 Å². The second-order valence-corrected chi connectivity index (χ2v) is 3.44. The van der Waals surface area contributed by atoms with Crippen LogP contribution in [0.3, 0.4) is 0 Å². The smallest absolute Gasteiger partial charge is 0.0672 e. The molecule has 0 fully saturated rings. The summed E-state index contributed by atoms with van der Waals surface area (Å²) in [6, 6.07) is 0.633. The van der Waals surface area contributed by atoms with Gasteiger partial charge in [-0.15, -0.1) is 0 Å². The Morgan fingerprint density at radius 3 is 3.17 bits per heavy atom. The summed E-state index contributed by atoms with van der Waals surface area (Å²) in [4.78, 5) is 0. The van der Waals surface area contributed by atoms with Crippen LogP contribution in [-0.2, 0) is 19.9 Å². The van der Waals surface area contributed by atoms with Crippen LogP contribution in [0, 0.1) is 0 Å². The number of nitrogens with one attached hydrogen (secondary N) is 1. The van der Waals surface area contributed by atoms with Gasteiger partial charge in [0.15, 0.2) is 0 Å². The molecule has 0 spiro atoms. The predicted molar refractivity (Wildman–Crippen MR) is 48.1 cm³/mol. The molecule has 0 bridgehead atoms. The van der Waals surface area contributed by atoms with Crippen molar-refractivity contribution in [1.82, 2.24) is 15.1 Å². The van der Waals surface area contributed by atoms with Crippen LogP contribution < -0.4 is 5.32 Å². The summed E-state index contributed by atoms with van der Waals surface area (Å²) in [5.41, 5.74) is 2.70. The van der Waals surface area contributed by atoms with Crippen molar-refractivity contribution < 1.29 is 0 Å². The summed E-state index contributed by atoms with van der Waals surface area (Å²) >= 11 is 0. The van der Waals surface area contributed by atoms with Gasteiger partial charge >= 0.3 is 0 Å². The zero-order chi connectivity index (χ0) is 8.55. The van der Waals surface area contributed by atoms with E-state index in [0.717, 1.165) is 19.4 Å². The maximum atomic E-state index is 4.40. The average Bonchev–Trinajstić information content (AvgIpc) is 2.44. The van der Waals surface area contributed by atoms with Gasteiger partial charge in [0.05, 0.1) is 5.69 Å². The quantitative estimate of drug-likeness (QED) is 0.691. The van der Waals surface area contributed by atoms with Gasteiger partial charge in [-0.05, 0) is 18.5 Å². The van der Waals surface area contributed by atoms with Crippen LogP contribution in [0.25, 0.3) is 0 Å². The molecule has 0 amide bonds. The lowest BCUT2D eigenvalue weighted by Crippen LogP contribution is -2.29. The lowest BCUT2D eigenvalue weighted by atomic mass is 10.2. The van der Waals surface area contributed by atoms with Crippen LogP contribution in [0.4, 0.5) is 0 Å². The Bertz CT molecular complexity index is 254. The second kappa shape index (κ2) is 2.90. The summed E-state index contributed by atoms with van der Waals surface area (Å²) < 4.78 is 1.91. The standard InChI is InChI=1S/C9H15N3/c1-3-10-8-4-7-6-12(2)11-9(7)5-8/h6,8,10H,3-5H2,1-2H3. The predicted octanol–water partition coefficient (Wildman–Crippen LogP) is 0.497. The minimum absolute atomic E-state index is 0.633. The van der Waals surface area contributed by atoms with E-state index in [0.29, 0.717) is 6.04 Å². The highest BCUT2D eigenvalue weighted by Crippen LogP contribution is 2.19. The third-order valence-electron chi connectivity index (χ3n) is 2.39. The van der Waals surface area contributed by atoms with E-state index >= 15 is 0 Å². The van der Waals surface area contributed by atoms with Gasteiger partial charge in [0, 0.05) is 25.7 Å². The van der Waals surface area contributed by atoms with Crippen LogP contribution >= 0.6 is 0 Å². The van der Waals surface area contributed by atoms with Gasteiger partial charge in [0.1, 0.15) is 0 Å². The van der Waals surface area contributed by atoms with E-state index in [2.05, 4.69) is 23.5 Å². The van der Waals surface area contributed by atoms with Gasteiger partial charge in [0.2, 0.25) is 0 Å². The fraction of sp³-hybridized carbons (Fsp3) is 0.667. The molecule has 0 saturated carbocycles. The highest BCUT2D eigenvalue weighted by molar-refractivity contribution is 5.25. The average molecular weight is 165 g/mol. The number of likely N-dealkylation sites (N-methyl/N-ethyl adjacent to an activating group) is 1. The van der Waals surface area contributed by atoms with Crippen molar-refractivity contribution in [3.8, 4) is 0 Å². The number of hydrogen-bond donors (Lipinski definition) is 1. The fourth-order valence-electron chi connectivity index (χ4n) is 1.93. The molecule has 1 aliphatic rings. The monoisotopic (exact) mass is 165 g/mol. The molecule has 1 unspecified atom stereocenters. The zero-order valence-corrected chi connectivity index (χ0v) is 7.67. The molecule has 1 aromatic rings. The fourth-order valence-corrected chi connectivity index (χ4v) is 1.93. The van der Waals surface area contributed by atoms with Crippen molar-refractivity contribution in [2.24, 2.45) is 7.05 Å². The highest BCUT2D eigenvalue weighted by atomic mass is 15.3. The van der Waals surface area contributed by atoms with E-state index in [-0.39, 0.29) is 0 Å². The molecule has 1 heterocycles. The second-order valence-electron chi connectivity index (χ2n) is 3.44. The summed E-state index contributed by atoms with van der Waals surface area (Å²) in [7, 11) is 1.99. The first-order valence-electron chi connectivity index (χ1n) is 4.54. The number of aryl methyl sites for hydroxylation is 1. The number of rotatable bonds is 2. The summed E-state index contributed by atoms with van der Waals surface area (Å²) in [6.45, 7) is 3.21. The zero-order valence-electron chi connectivity index (χ0n) is 7.67. The van der Waals surface area contributed by atoms with Crippen molar-refractivity contribution in [1.29, 1.82) is 0 Å². The van der Waals surface area contributed by atoms with Crippen molar-refractivity contribution in [2.45, 2.75) is 25.8 Å². The van der Waals surface area contributed by atoms with Gasteiger partial charge in [-0.2, -0.15) is 5.10 Å².